The first kappa shape index (κ1) is 37.6. The fraction of sp³-hybridized carbons (Fsp3) is 0.657. The van der Waals surface area contributed by atoms with Gasteiger partial charge in [0.2, 0.25) is 0 Å². The van der Waals surface area contributed by atoms with E-state index in [2.05, 4.69) is 52.0 Å². The molecule has 0 heterocycles. The second-order valence-electron chi connectivity index (χ2n) is 13.0. The summed E-state index contributed by atoms with van der Waals surface area (Å²) in [6.07, 6.45) is 12.1. The first-order valence-electron chi connectivity index (χ1n) is 16.4. The molecule has 3 atom stereocenters. The fourth-order valence-corrected chi connectivity index (χ4v) is 11.2. The Hall–Kier alpha value is -1.55. The zero-order chi connectivity index (χ0) is 31.8. The molecule has 244 valence electrons. The molecule has 0 fully saturated rings. The first-order valence-corrected chi connectivity index (χ1v) is 20.1. The van der Waals surface area contributed by atoms with Gasteiger partial charge in [0.05, 0.1) is 19.0 Å². The quantitative estimate of drug-likeness (QED) is 0.0849. The maximum atomic E-state index is 12.2. The van der Waals surface area contributed by atoms with Crippen LogP contribution in [0.25, 0.3) is 0 Å². The summed E-state index contributed by atoms with van der Waals surface area (Å²) in [6, 6.07) is 20.0. The van der Waals surface area contributed by atoms with Crippen LogP contribution < -0.4 is 10.4 Å². The number of unbranched alkanes of at least 4 members (excludes halogenated alkanes) is 11. The van der Waals surface area contributed by atoms with Crippen molar-refractivity contribution in [2.24, 2.45) is 0 Å². The van der Waals surface area contributed by atoms with Crippen LogP contribution in [0.2, 0.25) is 5.04 Å². The molecule has 0 aliphatic carbocycles. The molecule has 0 radical (unpaired) electrons. The van der Waals surface area contributed by atoms with E-state index in [1.54, 1.807) is 0 Å². The average Bonchev–Trinajstić information content (AvgIpc) is 2.96. The molecule has 0 aliphatic rings. The van der Waals surface area contributed by atoms with Gasteiger partial charge in [-0.25, -0.2) is 0 Å². The third kappa shape index (κ3) is 12.8. The zero-order valence-electron chi connectivity index (χ0n) is 27.3. The van der Waals surface area contributed by atoms with E-state index in [-0.39, 0.29) is 11.6 Å². The van der Waals surface area contributed by atoms with E-state index < -0.39 is 36.7 Å². The number of rotatable bonds is 22. The lowest BCUT2D eigenvalue weighted by Gasteiger charge is -2.44. The SMILES string of the molecule is CCCCCCCCCCCCCCC(O)C(O)C(CO[Si](c1ccccc1)(c1ccccc1)C(C)(C)C)OS(C)(=O)=O. The number of hydrogen-bond acceptors (Lipinski definition) is 6. The number of aliphatic hydroxyl groups is 2. The summed E-state index contributed by atoms with van der Waals surface area (Å²) in [5, 5.41) is 23.8. The second-order valence-corrected chi connectivity index (χ2v) is 19.0. The molecule has 0 saturated carbocycles. The molecule has 8 heteroatoms. The lowest BCUT2D eigenvalue weighted by molar-refractivity contribution is -0.0639. The molecule has 0 amide bonds. The van der Waals surface area contributed by atoms with E-state index in [0.29, 0.717) is 6.42 Å². The van der Waals surface area contributed by atoms with Crippen LogP contribution in [-0.2, 0) is 18.7 Å². The lowest BCUT2D eigenvalue weighted by Crippen LogP contribution is -2.67. The summed E-state index contributed by atoms with van der Waals surface area (Å²) in [6.45, 7) is 8.46. The third-order valence-corrected chi connectivity index (χ3v) is 13.9. The van der Waals surface area contributed by atoms with E-state index in [9.17, 15) is 18.6 Å². The zero-order valence-corrected chi connectivity index (χ0v) is 29.2. The van der Waals surface area contributed by atoms with E-state index >= 15 is 0 Å². The Kier molecular flexibility index (Phi) is 16.7. The van der Waals surface area contributed by atoms with Crippen molar-refractivity contribution >= 4 is 28.8 Å². The van der Waals surface area contributed by atoms with Gasteiger partial charge in [0, 0.05) is 0 Å². The van der Waals surface area contributed by atoms with Crippen LogP contribution in [0.3, 0.4) is 0 Å². The van der Waals surface area contributed by atoms with Crippen molar-refractivity contribution in [1.82, 2.24) is 0 Å². The normalized spacial score (nSPS) is 14.9. The van der Waals surface area contributed by atoms with Crippen molar-refractivity contribution in [2.75, 3.05) is 12.9 Å². The third-order valence-electron chi connectivity index (χ3n) is 8.31. The van der Waals surface area contributed by atoms with Crippen LogP contribution in [0, 0.1) is 0 Å². The van der Waals surface area contributed by atoms with E-state index in [1.807, 2.05) is 36.4 Å². The molecule has 6 nitrogen and oxygen atoms in total. The maximum absolute atomic E-state index is 12.2. The lowest BCUT2D eigenvalue weighted by atomic mass is 10.0. The summed E-state index contributed by atoms with van der Waals surface area (Å²) >= 11 is 0. The molecule has 0 aromatic heterocycles. The monoisotopic (exact) mass is 634 g/mol. The van der Waals surface area contributed by atoms with Crippen molar-refractivity contribution in [3.63, 3.8) is 0 Å². The average molecular weight is 635 g/mol. The van der Waals surface area contributed by atoms with Crippen molar-refractivity contribution in [3.05, 3.63) is 60.7 Å². The first-order chi connectivity index (χ1) is 20.4. The van der Waals surface area contributed by atoms with Gasteiger partial charge in [-0.05, 0) is 21.8 Å². The minimum absolute atomic E-state index is 0.170. The van der Waals surface area contributed by atoms with Gasteiger partial charge >= 0.3 is 0 Å². The topological polar surface area (TPSA) is 93.1 Å². The standard InChI is InChI=1S/C35H58O6SSi/c1-6-7-8-9-10-11-12-13-14-15-16-23-28-32(36)34(37)33(41-42(5,38)39)29-40-43(35(2,3)4,30-24-19-17-20-25-30)31-26-21-18-22-27-31/h17-22,24-27,32-34,36-37H,6-16,23,28-29H2,1-5H3. The Bertz CT molecular complexity index is 1060. The van der Waals surface area contributed by atoms with E-state index in [1.165, 1.54) is 57.8 Å². The van der Waals surface area contributed by atoms with Gasteiger partial charge in [-0.15, -0.1) is 0 Å². The molecular formula is C35H58O6SSi. The van der Waals surface area contributed by atoms with Crippen LogP contribution in [0.1, 0.15) is 111 Å². The van der Waals surface area contributed by atoms with Crippen molar-refractivity contribution in [1.29, 1.82) is 0 Å². The van der Waals surface area contributed by atoms with Gasteiger partial charge in [-0.1, -0.05) is 165 Å². The molecule has 3 unspecified atom stereocenters. The second kappa shape index (κ2) is 19.1. The molecule has 2 rings (SSSR count). The highest BCUT2D eigenvalue weighted by Gasteiger charge is 2.51. The molecule has 2 N–H and O–H groups in total. The van der Waals surface area contributed by atoms with Gasteiger partial charge in [0.1, 0.15) is 12.2 Å². The summed E-state index contributed by atoms with van der Waals surface area (Å²) in [4.78, 5) is 0. The predicted molar refractivity (Wildman–Crippen MR) is 181 cm³/mol. The highest BCUT2D eigenvalue weighted by molar-refractivity contribution is 7.86. The number of aliphatic hydroxyl groups excluding tert-OH is 2. The molecule has 0 spiro atoms. The molecule has 0 saturated heterocycles. The molecule has 2 aromatic rings. The van der Waals surface area contributed by atoms with E-state index in [4.69, 9.17) is 8.61 Å². The molecule has 0 bridgehead atoms. The summed E-state index contributed by atoms with van der Waals surface area (Å²) < 4.78 is 36.7. The van der Waals surface area contributed by atoms with Crippen molar-refractivity contribution in [2.45, 2.75) is 135 Å². The van der Waals surface area contributed by atoms with Crippen LogP contribution in [0.15, 0.2) is 60.7 Å². The van der Waals surface area contributed by atoms with Gasteiger partial charge in [0.15, 0.2) is 0 Å². The predicted octanol–water partition coefficient (Wildman–Crippen LogP) is 6.72. The van der Waals surface area contributed by atoms with Crippen molar-refractivity contribution < 1.29 is 27.2 Å². The van der Waals surface area contributed by atoms with Crippen LogP contribution in [-0.4, -0.2) is 58.1 Å². The number of hydrogen-bond donors (Lipinski definition) is 2. The minimum Gasteiger partial charge on any atom is -0.405 e. The number of benzene rings is 2. The van der Waals surface area contributed by atoms with Crippen molar-refractivity contribution in [3.8, 4) is 0 Å². The Balaban J connectivity index is 2.03. The maximum Gasteiger partial charge on any atom is 0.264 e. The molecule has 43 heavy (non-hydrogen) atoms. The molecule has 0 aliphatic heterocycles. The van der Waals surface area contributed by atoms with E-state index in [0.717, 1.165) is 35.9 Å². The van der Waals surface area contributed by atoms with Gasteiger partial charge in [-0.2, -0.15) is 8.42 Å². The van der Waals surface area contributed by atoms with Gasteiger partial charge < -0.3 is 14.6 Å². The van der Waals surface area contributed by atoms with Gasteiger partial charge in [-0.3, -0.25) is 4.18 Å². The van der Waals surface area contributed by atoms with Crippen LogP contribution >= 0.6 is 0 Å². The smallest absolute Gasteiger partial charge is 0.264 e. The largest absolute Gasteiger partial charge is 0.405 e. The van der Waals surface area contributed by atoms with Gasteiger partial charge in [0.25, 0.3) is 18.4 Å². The van der Waals surface area contributed by atoms with Crippen LogP contribution in [0.4, 0.5) is 0 Å². The Morgan fingerprint density at radius 3 is 1.53 bits per heavy atom. The Morgan fingerprint density at radius 2 is 1.14 bits per heavy atom. The Morgan fingerprint density at radius 1 is 0.721 bits per heavy atom. The fourth-order valence-electron chi connectivity index (χ4n) is 5.99. The minimum atomic E-state index is -3.92. The Labute approximate surface area is 263 Å². The summed E-state index contributed by atoms with van der Waals surface area (Å²) in [7, 11) is -6.91. The summed E-state index contributed by atoms with van der Waals surface area (Å²) in [5.41, 5.74) is 0. The summed E-state index contributed by atoms with van der Waals surface area (Å²) in [5.74, 6) is 0. The van der Waals surface area contributed by atoms with Crippen LogP contribution in [0.5, 0.6) is 0 Å². The molecular weight excluding hydrogens is 577 g/mol. The molecule has 2 aromatic carbocycles. The highest BCUT2D eigenvalue weighted by Crippen LogP contribution is 2.37. The highest BCUT2D eigenvalue weighted by atomic mass is 32.2.